The van der Waals surface area contributed by atoms with E-state index < -0.39 is 0 Å². The molecule has 0 bridgehead atoms. The highest BCUT2D eigenvalue weighted by Crippen LogP contribution is 2.15. The van der Waals surface area contributed by atoms with Gasteiger partial charge >= 0.3 is 5.97 Å². The Morgan fingerprint density at radius 2 is 1.44 bits per heavy atom. The van der Waals surface area contributed by atoms with E-state index in [0.717, 1.165) is 58.0 Å². The van der Waals surface area contributed by atoms with Gasteiger partial charge < -0.3 is 14.7 Å². The van der Waals surface area contributed by atoms with Gasteiger partial charge in [0.25, 0.3) is 0 Å². The first-order chi connectivity index (χ1) is 13.2. The van der Waals surface area contributed by atoms with Crippen LogP contribution in [0.4, 0.5) is 0 Å². The van der Waals surface area contributed by atoms with Crippen LogP contribution in [0.3, 0.4) is 0 Å². The molecule has 0 fully saturated rings. The number of esters is 1. The van der Waals surface area contributed by atoms with Crippen molar-refractivity contribution in [3.05, 3.63) is 0 Å². The fraction of sp³-hybridized carbons (Fsp3) is 0.957. The Kier molecular flexibility index (Phi) is 19.7. The number of hydrogen-bond acceptors (Lipinski definition) is 4. The van der Waals surface area contributed by atoms with Crippen LogP contribution in [0.15, 0.2) is 0 Å². The van der Waals surface area contributed by atoms with Crippen molar-refractivity contribution in [2.45, 2.75) is 104 Å². The second kappa shape index (κ2) is 20.1. The summed E-state index contributed by atoms with van der Waals surface area (Å²) in [5.74, 6) is 0.127. The molecule has 1 atom stereocenters. The van der Waals surface area contributed by atoms with Crippen molar-refractivity contribution in [3.8, 4) is 0 Å². The van der Waals surface area contributed by atoms with Crippen LogP contribution in [0.5, 0.6) is 0 Å². The Morgan fingerprint density at radius 3 is 2.00 bits per heavy atom. The summed E-state index contributed by atoms with van der Waals surface area (Å²) in [5.41, 5.74) is 0. The van der Waals surface area contributed by atoms with Crippen molar-refractivity contribution in [1.29, 1.82) is 0 Å². The van der Waals surface area contributed by atoms with Gasteiger partial charge in [0.1, 0.15) is 0 Å². The molecule has 1 N–H and O–H groups in total. The fourth-order valence-corrected chi connectivity index (χ4v) is 3.43. The highest BCUT2D eigenvalue weighted by molar-refractivity contribution is 5.72. The lowest BCUT2D eigenvalue weighted by molar-refractivity contribution is -0.149. The molecule has 0 aromatic rings. The van der Waals surface area contributed by atoms with E-state index >= 15 is 0 Å². The van der Waals surface area contributed by atoms with E-state index in [-0.39, 0.29) is 11.9 Å². The molecule has 0 saturated heterocycles. The van der Waals surface area contributed by atoms with Gasteiger partial charge in [-0.25, -0.2) is 0 Å². The van der Waals surface area contributed by atoms with Gasteiger partial charge in [-0.15, -0.1) is 0 Å². The minimum atomic E-state index is 0.0189. The monoisotopic (exact) mass is 385 g/mol. The van der Waals surface area contributed by atoms with Crippen LogP contribution >= 0.6 is 0 Å². The number of carbonyl (C=O) groups excluding carboxylic acids is 1. The van der Waals surface area contributed by atoms with E-state index in [1.807, 2.05) is 0 Å². The van der Waals surface area contributed by atoms with Crippen LogP contribution < -0.4 is 0 Å². The molecular weight excluding hydrogens is 338 g/mol. The molecule has 0 aliphatic heterocycles. The molecular formula is C23H47NO3. The molecule has 162 valence electrons. The van der Waals surface area contributed by atoms with E-state index in [1.54, 1.807) is 0 Å². The summed E-state index contributed by atoms with van der Waals surface area (Å²) < 4.78 is 5.46. The number of rotatable bonds is 20. The maximum absolute atomic E-state index is 12.0. The molecule has 0 aliphatic rings. The molecule has 4 heteroatoms. The maximum atomic E-state index is 12.0. The van der Waals surface area contributed by atoms with Gasteiger partial charge in [-0.2, -0.15) is 0 Å². The Morgan fingerprint density at radius 1 is 0.852 bits per heavy atom. The highest BCUT2D eigenvalue weighted by Gasteiger charge is 2.16. The van der Waals surface area contributed by atoms with Crippen LogP contribution in [-0.4, -0.2) is 48.8 Å². The van der Waals surface area contributed by atoms with Crippen molar-refractivity contribution < 1.29 is 14.6 Å². The number of aliphatic hydroxyl groups is 1. The lowest BCUT2D eigenvalue weighted by Crippen LogP contribution is -2.25. The molecule has 0 amide bonds. The van der Waals surface area contributed by atoms with Crippen molar-refractivity contribution >= 4 is 5.97 Å². The number of carbonyl (C=O) groups is 1. The third kappa shape index (κ3) is 16.1. The number of unbranched alkanes of at least 4 members (excludes halogenated alkanes) is 8. The van der Waals surface area contributed by atoms with E-state index in [0.29, 0.717) is 13.2 Å². The second-order valence-corrected chi connectivity index (χ2v) is 7.75. The van der Waals surface area contributed by atoms with Crippen LogP contribution in [0.1, 0.15) is 104 Å². The first kappa shape index (κ1) is 26.4. The molecule has 1 unspecified atom stereocenters. The van der Waals surface area contributed by atoms with Crippen molar-refractivity contribution in [2.75, 3.05) is 32.8 Å². The number of ether oxygens (including phenoxy) is 1. The SMILES string of the molecule is CCCCC(CC)C(=O)OCCCCCCCCCN(CC)CCCCO. The molecule has 27 heavy (non-hydrogen) atoms. The smallest absolute Gasteiger partial charge is 0.308 e. The normalized spacial score (nSPS) is 12.5. The zero-order valence-electron chi connectivity index (χ0n) is 18.5. The van der Waals surface area contributed by atoms with Gasteiger partial charge in [0.2, 0.25) is 0 Å². The molecule has 0 saturated carbocycles. The first-order valence-corrected chi connectivity index (χ1v) is 11.7. The van der Waals surface area contributed by atoms with Gasteiger partial charge in [-0.05, 0) is 58.2 Å². The molecule has 4 nitrogen and oxygen atoms in total. The zero-order valence-corrected chi connectivity index (χ0v) is 18.5. The van der Waals surface area contributed by atoms with Crippen molar-refractivity contribution in [1.82, 2.24) is 4.90 Å². The summed E-state index contributed by atoms with van der Waals surface area (Å²) in [6, 6.07) is 0. The highest BCUT2D eigenvalue weighted by atomic mass is 16.5. The molecule has 0 spiro atoms. The molecule has 0 aliphatic carbocycles. The maximum Gasteiger partial charge on any atom is 0.308 e. The standard InChI is InChI=1S/C23H47NO3/c1-4-7-17-22(5-2)23(26)27-21-16-12-10-8-9-11-13-18-24(6-3)19-14-15-20-25/h22,25H,4-21H2,1-3H3. The minimum absolute atomic E-state index is 0.0189. The number of aliphatic hydroxyl groups excluding tert-OH is 1. The summed E-state index contributed by atoms with van der Waals surface area (Å²) in [5, 5.41) is 8.85. The predicted molar refractivity (Wildman–Crippen MR) is 115 cm³/mol. The Hall–Kier alpha value is -0.610. The van der Waals surface area contributed by atoms with Crippen LogP contribution in [-0.2, 0) is 9.53 Å². The summed E-state index contributed by atoms with van der Waals surface area (Å²) >= 11 is 0. The van der Waals surface area contributed by atoms with E-state index in [9.17, 15) is 4.79 Å². The number of hydrogen-bond donors (Lipinski definition) is 1. The largest absolute Gasteiger partial charge is 0.465 e. The fourth-order valence-electron chi connectivity index (χ4n) is 3.43. The third-order valence-corrected chi connectivity index (χ3v) is 5.42. The van der Waals surface area contributed by atoms with Crippen LogP contribution in [0.25, 0.3) is 0 Å². The van der Waals surface area contributed by atoms with Gasteiger partial charge in [0, 0.05) is 6.61 Å². The average Bonchev–Trinajstić information content (AvgIpc) is 2.68. The molecule has 0 aromatic heterocycles. The van der Waals surface area contributed by atoms with Gasteiger partial charge in [0.05, 0.1) is 12.5 Å². The van der Waals surface area contributed by atoms with Crippen molar-refractivity contribution in [3.63, 3.8) is 0 Å². The average molecular weight is 386 g/mol. The molecule has 0 aromatic carbocycles. The second-order valence-electron chi connectivity index (χ2n) is 7.75. The molecule has 0 radical (unpaired) electrons. The Bertz CT molecular complexity index is 323. The predicted octanol–water partition coefficient (Wildman–Crippen LogP) is 5.57. The third-order valence-electron chi connectivity index (χ3n) is 5.42. The summed E-state index contributed by atoms with van der Waals surface area (Å²) in [7, 11) is 0. The summed E-state index contributed by atoms with van der Waals surface area (Å²) in [6.07, 6.45) is 14.8. The van der Waals surface area contributed by atoms with Gasteiger partial charge in [-0.3, -0.25) is 4.79 Å². The summed E-state index contributed by atoms with van der Waals surface area (Å²) in [6.45, 7) is 10.8. The molecule has 0 heterocycles. The first-order valence-electron chi connectivity index (χ1n) is 11.7. The minimum Gasteiger partial charge on any atom is -0.465 e. The van der Waals surface area contributed by atoms with E-state index in [2.05, 4.69) is 25.7 Å². The summed E-state index contributed by atoms with van der Waals surface area (Å²) in [4.78, 5) is 14.5. The molecule has 0 rings (SSSR count). The number of nitrogens with zero attached hydrogens (tertiary/aromatic N) is 1. The van der Waals surface area contributed by atoms with E-state index in [1.165, 1.54) is 45.1 Å². The van der Waals surface area contributed by atoms with E-state index in [4.69, 9.17) is 9.84 Å². The Balaban J connectivity index is 3.47. The topological polar surface area (TPSA) is 49.8 Å². The van der Waals surface area contributed by atoms with Crippen LogP contribution in [0.2, 0.25) is 0 Å². The zero-order chi connectivity index (χ0) is 20.2. The lowest BCUT2D eigenvalue weighted by Gasteiger charge is -2.19. The van der Waals surface area contributed by atoms with Gasteiger partial charge in [-0.1, -0.05) is 65.7 Å². The Labute approximate surface area is 169 Å². The van der Waals surface area contributed by atoms with Crippen molar-refractivity contribution in [2.24, 2.45) is 5.92 Å². The van der Waals surface area contributed by atoms with Gasteiger partial charge in [0.15, 0.2) is 0 Å². The van der Waals surface area contributed by atoms with Crippen LogP contribution in [0, 0.1) is 5.92 Å². The quantitative estimate of drug-likeness (QED) is 0.220. The lowest BCUT2D eigenvalue weighted by atomic mass is 10.00.